The fourth-order valence-electron chi connectivity index (χ4n) is 3.08. The number of aliphatic hydroxyl groups is 1. The molecule has 0 unspecified atom stereocenters. The topological polar surface area (TPSA) is 66.8 Å². The molecule has 5 nitrogen and oxygen atoms in total. The van der Waals surface area contributed by atoms with Crippen LogP contribution < -0.4 is 4.90 Å². The lowest BCUT2D eigenvalue weighted by atomic mass is 10.1. The second kappa shape index (κ2) is 10.1. The van der Waals surface area contributed by atoms with E-state index in [0.29, 0.717) is 18.7 Å². The van der Waals surface area contributed by atoms with Gasteiger partial charge in [0.15, 0.2) is 0 Å². The lowest BCUT2D eigenvalue weighted by molar-refractivity contribution is -0.149. The molecule has 0 bridgehead atoms. The van der Waals surface area contributed by atoms with Crippen LogP contribution in [0.25, 0.3) is 5.76 Å². The van der Waals surface area contributed by atoms with Crippen LogP contribution in [0.4, 0.5) is 5.69 Å². The standard InChI is InChI=1S/C25H23NO4/c1-30-25(29)24(28)16-23(27)21-13-8-14-22(15-21)26(17-19-9-4-2-5-10-19)18-20-11-6-3-7-12-20/h2-16,27H,17-18H2,1H3. The van der Waals surface area contributed by atoms with Crippen molar-refractivity contribution in [3.05, 3.63) is 108 Å². The molecule has 0 spiro atoms. The Hall–Kier alpha value is -3.86. The minimum absolute atomic E-state index is 0.286. The molecule has 3 aromatic rings. The zero-order valence-electron chi connectivity index (χ0n) is 16.7. The molecule has 0 saturated heterocycles. The SMILES string of the molecule is COC(=O)C(=O)C=C(O)c1cccc(N(Cc2ccccc2)Cc2ccccc2)c1. The quantitative estimate of drug-likeness (QED) is 0.260. The molecular formula is C25H23NO4. The van der Waals surface area contributed by atoms with Gasteiger partial charge in [0.2, 0.25) is 0 Å². The van der Waals surface area contributed by atoms with E-state index in [-0.39, 0.29) is 5.76 Å². The molecule has 152 valence electrons. The van der Waals surface area contributed by atoms with Gasteiger partial charge in [0, 0.05) is 30.4 Å². The summed E-state index contributed by atoms with van der Waals surface area (Å²) in [5.41, 5.74) is 3.63. The third-order valence-corrected chi connectivity index (χ3v) is 4.59. The van der Waals surface area contributed by atoms with Crippen molar-refractivity contribution in [3.8, 4) is 0 Å². The van der Waals surface area contributed by atoms with Crippen molar-refractivity contribution >= 4 is 23.2 Å². The molecule has 0 aliphatic carbocycles. The summed E-state index contributed by atoms with van der Waals surface area (Å²) in [6.45, 7) is 1.34. The van der Waals surface area contributed by atoms with Crippen molar-refractivity contribution in [3.63, 3.8) is 0 Å². The zero-order chi connectivity index (χ0) is 21.3. The van der Waals surface area contributed by atoms with E-state index in [1.807, 2.05) is 42.5 Å². The number of rotatable bonds is 8. The average molecular weight is 401 g/mol. The fraction of sp³-hybridized carbons (Fsp3) is 0.120. The first-order valence-electron chi connectivity index (χ1n) is 9.53. The van der Waals surface area contributed by atoms with Gasteiger partial charge in [-0.15, -0.1) is 0 Å². The molecule has 0 aliphatic rings. The van der Waals surface area contributed by atoms with Crippen LogP contribution in [-0.4, -0.2) is 24.0 Å². The molecule has 0 heterocycles. The summed E-state index contributed by atoms with van der Waals surface area (Å²) in [4.78, 5) is 25.2. The summed E-state index contributed by atoms with van der Waals surface area (Å²) in [5.74, 6) is -2.22. The largest absolute Gasteiger partial charge is 0.507 e. The van der Waals surface area contributed by atoms with Crippen molar-refractivity contribution in [1.82, 2.24) is 0 Å². The first-order chi connectivity index (χ1) is 14.6. The Kier molecular flexibility index (Phi) is 7.00. The molecule has 3 rings (SSSR count). The maximum atomic E-state index is 11.7. The van der Waals surface area contributed by atoms with Crippen LogP contribution in [-0.2, 0) is 27.4 Å². The highest BCUT2D eigenvalue weighted by Gasteiger charge is 2.14. The normalized spacial score (nSPS) is 11.0. The summed E-state index contributed by atoms with van der Waals surface area (Å²) in [6, 6.07) is 27.4. The molecule has 30 heavy (non-hydrogen) atoms. The van der Waals surface area contributed by atoms with E-state index in [9.17, 15) is 14.7 Å². The number of carbonyl (C=O) groups is 2. The van der Waals surface area contributed by atoms with Crippen LogP contribution in [0.5, 0.6) is 0 Å². The Bertz CT molecular complexity index is 988. The van der Waals surface area contributed by atoms with Crippen molar-refractivity contribution in [2.75, 3.05) is 12.0 Å². The Balaban J connectivity index is 1.91. The number of hydrogen-bond donors (Lipinski definition) is 1. The van der Waals surface area contributed by atoms with Crippen LogP contribution in [0.1, 0.15) is 16.7 Å². The van der Waals surface area contributed by atoms with Gasteiger partial charge in [-0.1, -0.05) is 72.8 Å². The molecular weight excluding hydrogens is 378 g/mol. The van der Waals surface area contributed by atoms with Gasteiger partial charge in [-0.2, -0.15) is 0 Å². The highest BCUT2D eigenvalue weighted by Crippen LogP contribution is 2.24. The monoisotopic (exact) mass is 401 g/mol. The summed E-state index contributed by atoms with van der Waals surface area (Å²) >= 11 is 0. The molecule has 0 amide bonds. The summed E-state index contributed by atoms with van der Waals surface area (Å²) < 4.78 is 4.39. The summed E-state index contributed by atoms with van der Waals surface area (Å²) in [5, 5.41) is 10.3. The summed E-state index contributed by atoms with van der Waals surface area (Å²) in [6.07, 6.45) is 0.879. The lowest BCUT2D eigenvalue weighted by Crippen LogP contribution is -2.22. The average Bonchev–Trinajstić information content (AvgIpc) is 2.79. The van der Waals surface area contributed by atoms with Crippen LogP contribution in [0, 0.1) is 0 Å². The van der Waals surface area contributed by atoms with Crippen molar-refractivity contribution < 1.29 is 19.4 Å². The number of carbonyl (C=O) groups excluding carboxylic acids is 2. The molecule has 0 aliphatic heterocycles. The first-order valence-corrected chi connectivity index (χ1v) is 9.53. The number of methoxy groups -OCH3 is 1. The van der Waals surface area contributed by atoms with Gasteiger partial charge in [-0.25, -0.2) is 4.79 Å². The molecule has 0 fully saturated rings. The van der Waals surface area contributed by atoms with Gasteiger partial charge < -0.3 is 14.7 Å². The van der Waals surface area contributed by atoms with E-state index >= 15 is 0 Å². The van der Waals surface area contributed by atoms with Crippen molar-refractivity contribution in [1.29, 1.82) is 0 Å². The number of benzene rings is 3. The van der Waals surface area contributed by atoms with E-state index in [4.69, 9.17) is 0 Å². The maximum absolute atomic E-state index is 11.7. The van der Waals surface area contributed by atoms with E-state index in [0.717, 1.165) is 30.0 Å². The van der Waals surface area contributed by atoms with Gasteiger partial charge in [-0.05, 0) is 23.3 Å². The molecule has 0 atom stereocenters. The zero-order valence-corrected chi connectivity index (χ0v) is 16.7. The number of nitrogens with zero attached hydrogens (tertiary/aromatic N) is 1. The molecule has 1 N–H and O–H groups in total. The predicted molar refractivity (Wildman–Crippen MR) is 117 cm³/mol. The molecule has 0 saturated carbocycles. The van der Waals surface area contributed by atoms with E-state index < -0.39 is 11.8 Å². The Morgan fingerprint density at radius 3 is 1.97 bits per heavy atom. The Morgan fingerprint density at radius 1 is 0.867 bits per heavy atom. The third kappa shape index (κ3) is 5.58. The van der Waals surface area contributed by atoms with Gasteiger partial charge >= 0.3 is 5.97 Å². The number of hydrogen-bond acceptors (Lipinski definition) is 5. The van der Waals surface area contributed by atoms with Crippen molar-refractivity contribution in [2.45, 2.75) is 13.1 Å². The molecule has 0 radical (unpaired) electrons. The van der Waals surface area contributed by atoms with Crippen LogP contribution >= 0.6 is 0 Å². The second-order valence-corrected chi connectivity index (χ2v) is 6.76. The minimum Gasteiger partial charge on any atom is -0.507 e. The van der Waals surface area contributed by atoms with Gasteiger partial charge in [0.1, 0.15) is 5.76 Å². The van der Waals surface area contributed by atoms with Gasteiger partial charge in [0.25, 0.3) is 5.78 Å². The van der Waals surface area contributed by atoms with E-state index in [1.54, 1.807) is 18.2 Å². The van der Waals surface area contributed by atoms with E-state index in [1.165, 1.54) is 0 Å². The summed E-state index contributed by atoms with van der Waals surface area (Å²) in [7, 11) is 1.12. The predicted octanol–water partition coefficient (Wildman–Crippen LogP) is 4.53. The minimum atomic E-state index is -1.02. The van der Waals surface area contributed by atoms with Crippen molar-refractivity contribution in [2.24, 2.45) is 0 Å². The molecule has 0 aromatic heterocycles. The Morgan fingerprint density at radius 2 is 1.43 bits per heavy atom. The molecule has 3 aromatic carbocycles. The number of aliphatic hydroxyl groups excluding tert-OH is 1. The number of anilines is 1. The number of ketones is 1. The first kappa shape index (κ1) is 20.9. The van der Waals surface area contributed by atoms with Crippen LogP contribution in [0.2, 0.25) is 0 Å². The Labute approximate surface area is 175 Å². The third-order valence-electron chi connectivity index (χ3n) is 4.59. The van der Waals surface area contributed by atoms with Gasteiger partial charge in [0.05, 0.1) is 7.11 Å². The fourth-order valence-corrected chi connectivity index (χ4v) is 3.08. The number of esters is 1. The second-order valence-electron chi connectivity index (χ2n) is 6.76. The number of ether oxygens (including phenoxy) is 1. The van der Waals surface area contributed by atoms with Crippen LogP contribution in [0.3, 0.4) is 0 Å². The highest BCUT2D eigenvalue weighted by molar-refractivity contribution is 6.39. The lowest BCUT2D eigenvalue weighted by Gasteiger charge is -2.26. The highest BCUT2D eigenvalue weighted by atomic mass is 16.5. The van der Waals surface area contributed by atoms with Gasteiger partial charge in [-0.3, -0.25) is 4.79 Å². The maximum Gasteiger partial charge on any atom is 0.378 e. The van der Waals surface area contributed by atoms with Crippen LogP contribution in [0.15, 0.2) is 91.0 Å². The van der Waals surface area contributed by atoms with E-state index in [2.05, 4.69) is 33.9 Å². The smallest absolute Gasteiger partial charge is 0.378 e. The molecule has 5 heteroatoms.